The molecule has 0 aliphatic rings. The number of hydrogen-bond acceptors (Lipinski definition) is 7. The van der Waals surface area contributed by atoms with Crippen molar-refractivity contribution in [2.45, 2.75) is 17.9 Å². The Morgan fingerprint density at radius 2 is 1.77 bits per heavy atom. The van der Waals surface area contributed by atoms with Crippen LogP contribution in [0.4, 0.5) is 0 Å². The van der Waals surface area contributed by atoms with Gasteiger partial charge >= 0.3 is 0 Å². The number of aromatic nitrogens is 1. The molecule has 0 bridgehead atoms. The van der Waals surface area contributed by atoms with Crippen molar-refractivity contribution in [3.63, 3.8) is 0 Å². The van der Waals surface area contributed by atoms with E-state index in [1.54, 1.807) is 44.4 Å². The first-order valence-corrected chi connectivity index (χ1v) is 10.9. The van der Waals surface area contributed by atoms with Crippen molar-refractivity contribution in [3.8, 4) is 22.8 Å². The number of hydrogen-bond donors (Lipinski definition) is 1. The molecule has 1 N–H and O–H groups in total. The Labute approximate surface area is 174 Å². The summed E-state index contributed by atoms with van der Waals surface area (Å²) in [5.41, 5.74) is 1.47. The van der Waals surface area contributed by atoms with Crippen LogP contribution in [0, 0.1) is 0 Å². The van der Waals surface area contributed by atoms with E-state index in [-0.39, 0.29) is 16.6 Å². The van der Waals surface area contributed by atoms with Gasteiger partial charge in [0.05, 0.1) is 30.7 Å². The number of ether oxygens (including phenoxy) is 2. The quantitative estimate of drug-likeness (QED) is 0.613. The lowest BCUT2D eigenvalue weighted by Crippen LogP contribution is -2.26. The zero-order valence-corrected chi connectivity index (χ0v) is 17.8. The van der Waals surface area contributed by atoms with Crippen LogP contribution in [0.25, 0.3) is 11.3 Å². The summed E-state index contributed by atoms with van der Waals surface area (Å²) in [6.07, 6.45) is 1.15. The standard InChI is InChI=1S/C21H22N2O6S/c1-13(14-5-8-16(9-6-14)30(4,25)26)22-21(24)18-12-20(29-23-18)17-11-15(27-2)7-10-19(17)28-3/h5-13H,1-4H3,(H,22,24). The maximum atomic E-state index is 12.6. The monoisotopic (exact) mass is 430 g/mol. The Morgan fingerprint density at radius 3 is 2.37 bits per heavy atom. The molecular formula is C21H22N2O6S. The molecular weight excluding hydrogens is 408 g/mol. The van der Waals surface area contributed by atoms with Gasteiger partial charge in [0.1, 0.15) is 11.5 Å². The van der Waals surface area contributed by atoms with E-state index in [0.29, 0.717) is 22.8 Å². The van der Waals surface area contributed by atoms with Gasteiger partial charge in [-0.3, -0.25) is 4.79 Å². The SMILES string of the molecule is COc1ccc(OC)c(-c2cc(C(=O)NC(C)c3ccc(S(C)(=O)=O)cc3)no2)c1. The second-order valence-electron chi connectivity index (χ2n) is 6.68. The van der Waals surface area contributed by atoms with Crippen molar-refractivity contribution in [3.05, 3.63) is 59.8 Å². The second kappa shape index (κ2) is 8.58. The number of carbonyl (C=O) groups excluding carboxylic acids is 1. The van der Waals surface area contributed by atoms with Crippen LogP contribution in [-0.2, 0) is 9.84 Å². The topological polar surface area (TPSA) is 108 Å². The molecule has 158 valence electrons. The minimum Gasteiger partial charge on any atom is -0.497 e. The van der Waals surface area contributed by atoms with E-state index in [9.17, 15) is 13.2 Å². The van der Waals surface area contributed by atoms with E-state index in [1.165, 1.54) is 25.3 Å². The maximum Gasteiger partial charge on any atom is 0.273 e. The Kier molecular flexibility index (Phi) is 6.12. The van der Waals surface area contributed by atoms with Gasteiger partial charge in [0, 0.05) is 12.3 Å². The summed E-state index contributed by atoms with van der Waals surface area (Å²) in [6.45, 7) is 1.79. The second-order valence-corrected chi connectivity index (χ2v) is 8.69. The zero-order chi connectivity index (χ0) is 21.9. The van der Waals surface area contributed by atoms with E-state index >= 15 is 0 Å². The lowest BCUT2D eigenvalue weighted by Gasteiger charge is -2.13. The minimum atomic E-state index is -3.27. The molecule has 0 saturated heterocycles. The lowest BCUT2D eigenvalue weighted by molar-refractivity contribution is 0.0931. The van der Waals surface area contributed by atoms with E-state index in [0.717, 1.165) is 11.8 Å². The van der Waals surface area contributed by atoms with Gasteiger partial charge in [-0.2, -0.15) is 0 Å². The van der Waals surface area contributed by atoms with Crippen LogP contribution in [0.1, 0.15) is 29.0 Å². The number of methoxy groups -OCH3 is 2. The molecule has 0 aliphatic heterocycles. The Balaban J connectivity index is 1.77. The fraction of sp³-hybridized carbons (Fsp3) is 0.238. The third-order valence-electron chi connectivity index (χ3n) is 4.57. The van der Waals surface area contributed by atoms with Gasteiger partial charge in [0.15, 0.2) is 21.3 Å². The molecule has 1 aromatic heterocycles. The summed E-state index contributed by atoms with van der Waals surface area (Å²) < 4.78 is 39.1. The molecule has 1 heterocycles. The van der Waals surface area contributed by atoms with Crippen LogP contribution >= 0.6 is 0 Å². The molecule has 3 rings (SSSR count). The van der Waals surface area contributed by atoms with Crippen LogP contribution < -0.4 is 14.8 Å². The van der Waals surface area contributed by atoms with Gasteiger partial charge in [-0.05, 0) is 42.8 Å². The van der Waals surface area contributed by atoms with Crippen LogP contribution in [0.2, 0.25) is 0 Å². The number of nitrogens with one attached hydrogen (secondary N) is 1. The highest BCUT2D eigenvalue weighted by Gasteiger charge is 2.19. The average molecular weight is 430 g/mol. The first kappa shape index (κ1) is 21.4. The predicted molar refractivity (Wildman–Crippen MR) is 110 cm³/mol. The normalized spacial score (nSPS) is 12.3. The highest BCUT2D eigenvalue weighted by atomic mass is 32.2. The van der Waals surface area contributed by atoms with Crippen LogP contribution in [0.15, 0.2) is 57.9 Å². The molecule has 30 heavy (non-hydrogen) atoms. The molecule has 3 aromatic rings. The van der Waals surface area contributed by atoms with Crippen molar-refractivity contribution >= 4 is 15.7 Å². The van der Waals surface area contributed by atoms with Gasteiger partial charge in [-0.15, -0.1) is 0 Å². The van der Waals surface area contributed by atoms with Crippen molar-refractivity contribution in [1.29, 1.82) is 0 Å². The highest BCUT2D eigenvalue weighted by Crippen LogP contribution is 2.33. The van der Waals surface area contributed by atoms with Gasteiger partial charge < -0.3 is 19.3 Å². The molecule has 8 nitrogen and oxygen atoms in total. The third kappa shape index (κ3) is 4.62. The van der Waals surface area contributed by atoms with E-state index in [1.807, 2.05) is 0 Å². The molecule has 0 saturated carbocycles. The molecule has 1 unspecified atom stereocenters. The minimum absolute atomic E-state index is 0.106. The first-order valence-electron chi connectivity index (χ1n) is 9.03. The van der Waals surface area contributed by atoms with Crippen LogP contribution in [-0.4, -0.2) is 40.0 Å². The maximum absolute atomic E-state index is 12.6. The highest BCUT2D eigenvalue weighted by molar-refractivity contribution is 7.90. The fourth-order valence-corrected chi connectivity index (χ4v) is 3.50. The third-order valence-corrected chi connectivity index (χ3v) is 5.70. The molecule has 0 radical (unpaired) electrons. The number of nitrogens with zero attached hydrogens (tertiary/aromatic N) is 1. The summed E-state index contributed by atoms with van der Waals surface area (Å²) in [5.74, 6) is 1.10. The zero-order valence-electron chi connectivity index (χ0n) is 17.0. The fourth-order valence-electron chi connectivity index (χ4n) is 2.87. The van der Waals surface area contributed by atoms with Crippen molar-refractivity contribution in [2.24, 2.45) is 0 Å². The van der Waals surface area contributed by atoms with Crippen molar-refractivity contribution < 1.29 is 27.2 Å². The van der Waals surface area contributed by atoms with Gasteiger partial charge in [-0.25, -0.2) is 8.42 Å². The van der Waals surface area contributed by atoms with Gasteiger partial charge in [0.2, 0.25) is 0 Å². The molecule has 1 atom stereocenters. The molecule has 2 aromatic carbocycles. The molecule has 1 amide bonds. The van der Waals surface area contributed by atoms with Gasteiger partial charge in [-0.1, -0.05) is 17.3 Å². The smallest absolute Gasteiger partial charge is 0.273 e. The van der Waals surface area contributed by atoms with Crippen molar-refractivity contribution in [1.82, 2.24) is 10.5 Å². The van der Waals surface area contributed by atoms with E-state index in [4.69, 9.17) is 14.0 Å². The van der Waals surface area contributed by atoms with Crippen LogP contribution in [0.5, 0.6) is 11.5 Å². The molecule has 0 spiro atoms. The van der Waals surface area contributed by atoms with Gasteiger partial charge in [0.25, 0.3) is 5.91 Å². The lowest BCUT2D eigenvalue weighted by atomic mass is 10.1. The summed E-state index contributed by atoms with van der Waals surface area (Å²) in [5, 5.41) is 6.67. The number of carbonyl (C=O) groups is 1. The largest absolute Gasteiger partial charge is 0.497 e. The number of rotatable bonds is 7. The Morgan fingerprint density at radius 1 is 1.07 bits per heavy atom. The first-order chi connectivity index (χ1) is 14.2. The number of amides is 1. The number of sulfone groups is 1. The average Bonchev–Trinajstić information content (AvgIpc) is 3.23. The number of benzene rings is 2. The summed E-state index contributed by atoms with van der Waals surface area (Å²) in [4.78, 5) is 12.8. The van der Waals surface area contributed by atoms with Crippen LogP contribution in [0.3, 0.4) is 0 Å². The Hall–Kier alpha value is -3.33. The molecule has 0 fully saturated rings. The summed E-state index contributed by atoms with van der Waals surface area (Å²) in [6, 6.07) is 12.7. The molecule has 0 aliphatic carbocycles. The van der Waals surface area contributed by atoms with E-state index < -0.39 is 15.7 Å². The summed E-state index contributed by atoms with van der Waals surface area (Å²) >= 11 is 0. The molecule has 9 heteroatoms. The summed E-state index contributed by atoms with van der Waals surface area (Å²) in [7, 11) is -0.191. The van der Waals surface area contributed by atoms with E-state index in [2.05, 4.69) is 10.5 Å². The van der Waals surface area contributed by atoms with Crippen molar-refractivity contribution in [2.75, 3.05) is 20.5 Å². The predicted octanol–water partition coefficient (Wildman–Crippen LogP) is 3.25. The Bertz CT molecular complexity index is 1150.